The standard InChI is InChI=1S/C61H39N3O/c1-4-13-40(14-5-1)43-25-27-45(28-26-43)48-19-10-20-50(37-48)53-21-11-22-54-57-55(23-12-24-56(57)65-58(53)54)61-63-59(47-33-29-44(30-34-47)41-15-6-2-7-16-41)62-60(64-61)51-36-32-46-31-35-49(38-52(46)39-51)42-17-8-3-9-18-42/h1-39H. The molecule has 0 aliphatic heterocycles. The van der Waals surface area contributed by atoms with Crippen LogP contribution in [0.2, 0.25) is 0 Å². The monoisotopic (exact) mass is 829 g/mol. The first-order chi connectivity index (χ1) is 32.2. The zero-order valence-electron chi connectivity index (χ0n) is 35.3. The van der Waals surface area contributed by atoms with Crippen LogP contribution in [0.15, 0.2) is 241 Å². The van der Waals surface area contributed by atoms with Crippen molar-refractivity contribution in [1.29, 1.82) is 0 Å². The fourth-order valence-electron chi connectivity index (χ4n) is 9.01. The third kappa shape index (κ3) is 7.23. The highest BCUT2D eigenvalue weighted by Gasteiger charge is 2.20. The molecule has 4 nitrogen and oxygen atoms in total. The molecule has 0 saturated heterocycles. The first kappa shape index (κ1) is 38.0. The van der Waals surface area contributed by atoms with Gasteiger partial charge in [0, 0.05) is 33.0 Å². The highest BCUT2D eigenvalue weighted by atomic mass is 16.3. The maximum Gasteiger partial charge on any atom is 0.164 e. The molecule has 0 radical (unpaired) electrons. The molecule has 0 unspecified atom stereocenters. The Balaban J connectivity index is 0.978. The average Bonchev–Trinajstić information content (AvgIpc) is 3.78. The van der Waals surface area contributed by atoms with Crippen molar-refractivity contribution in [2.75, 3.05) is 0 Å². The van der Waals surface area contributed by atoms with Gasteiger partial charge in [0.05, 0.1) is 0 Å². The number of hydrogen-bond acceptors (Lipinski definition) is 4. The third-order valence-corrected chi connectivity index (χ3v) is 12.4. The first-order valence-electron chi connectivity index (χ1n) is 21.9. The van der Waals surface area contributed by atoms with Crippen molar-refractivity contribution < 1.29 is 4.42 Å². The van der Waals surface area contributed by atoms with Gasteiger partial charge in [-0.15, -0.1) is 0 Å². The van der Waals surface area contributed by atoms with Gasteiger partial charge in [0.1, 0.15) is 11.2 Å². The molecule has 2 aromatic heterocycles. The SMILES string of the molecule is c1ccc(-c2ccc(-c3cccc(-c4cccc5c4oc4cccc(-c6nc(-c7ccc(-c8ccccc8)cc7)nc(-c7ccc8ccc(-c9ccccc9)cc8c7)n6)c45)c3)cc2)cc1. The second kappa shape index (κ2) is 16.2. The molecule has 12 aromatic rings. The van der Waals surface area contributed by atoms with Crippen LogP contribution >= 0.6 is 0 Å². The lowest BCUT2D eigenvalue weighted by molar-refractivity contribution is 0.670. The summed E-state index contributed by atoms with van der Waals surface area (Å²) in [6.07, 6.45) is 0. The van der Waals surface area contributed by atoms with E-state index in [1.807, 2.05) is 30.3 Å². The molecule has 0 N–H and O–H groups in total. The second-order valence-electron chi connectivity index (χ2n) is 16.4. The minimum atomic E-state index is 0.579. The van der Waals surface area contributed by atoms with Crippen molar-refractivity contribution in [2.45, 2.75) is 0 Å². The summed E-state index contributed by atoms with van der Waals surface area (Å²) in [5.41, 5.74) is 15.7. The molecule has 0 aliphatic rings. The molecule has 0 spiro atoms. The van der Waals surface area contributed by atoms with E-state index < -0.39 is 0 Å². The topological polar surface area (TPSA) is 51.8 Å². The zero-order chi connectivity index (χ0) is 43.1. The summed E-state index contributed by atoms with van der Waals surface area (Å²) in [6, 6.07) is 82.9. The van der Waals surface area contributed by atoms with E-state index in [0.29, 0.717) is 17.5 Å². The lowest BCUT2D eigenvalue weighted by atomic mass is 9.96. The molecule has 0 saturated carbocycles. The number of benzene rings is 10. The summed E-state index contributed by atoms with van der Waals surface area (Å²) in [6.45, 7) is 0. The van der Waals surface area contributed by atoms with E-state index in [-0.39, 0.29) is 0 Å². The van der Waals surface area contributed by atoms with Crippen LogP contribution in [0, 0.1) is 0 Å². The Hall–Kier alpha value is -8.73. The second-order valence-corrected chi connectivity index (χ2v) is 16.4. The normalized spacial score (nSPS) is 11.4. The molecule has 0 aliphatic carbocycles. The highest BCUT2D eigenvalue weighted by molar-refractivity contribution is 6.15. The van der Waals surface area contributed by atoms with Gasteiger partial charge >= 0.3 is 0 Å². The van der Waals surface area contributed by atoms with Crippen LogP contribution in [-0.2, 0) is 0 Å². The summed E-state index contributed by atoms with van der Waals surface area (Å²) in [7, 11) is 0. The van der Waals surface area contributed by atoms with E-state index >= 15 is 0 Å². The maximum atomic E-state index is 6.82. The number of fused-ring (bicyclic) bond motifs is 4. The Morgan fingerprint density at radius 3 is 1.35 bits per heavy atom. The predicted octanol–water partition coefficient (Wildman–Crippen LogP) is 16.3. The minimum Gasteiger partial charge on any atom is -0.455 e. The van der Waals surface area contributed by atoms with E-state index in [1.165, 1.54) is 16.7 Å². The van der Waals surface area contributed by atoms with Crippen molar-refractivity contribution in [1.82, 2.24) is 15.0 Å². The zero-order valence-corrected chi connectivity index (χ0v) is 35.3. The van der Waals surface area contributed by atoms with Gasteiger partial charge in [-0.2, -0.15) is 0 Å². The molecule has 10 aromatic carbocycles. The first-order valence-corrected chi connectivity index (χ1v) is 21.9. The van der Waals surface area contributed by atoms with E-state index in [1.54, 1.807) is 0 Å². The largest absolute Gasteiger partial charge is 0.455 e. The molecule has 0 amide bonds. The molecule has 0 atom stereocenters. The van der Waals surface area contributed by atoms with Gasteiger partial charge in [0.25, 0.3) is 0 Å². The van der Waals surface area contributed by atoms with Gasteiger partial charge < -0.3 is 4.42 Å². The van der Waals surface area contributed by atoms with Crippen LogP contribution in [-0.4, -0.2) is 15.0 Å². The van der Waals surface area contributed by atoms with Gasteiger partial charge in [-0.1, -0.05) is 212 Å². The van der Waals surface area contributed by atoms with Gasteiger partial charge in [-0.25, -0.2) is 15.0 Å². The number of aromatic nitrogens is 3. The molecule has 65 heavy (non-hydrogen) atoms. The van der Waals surface area contributed by atoms with E-state index in [9.17, 15) is 0 Å². The van der Waals surface area contributed by atoms with Crippen LogP contribution in [0.5, 0.6) is 0 Å². The molecular formula is C61H39N3O. The number of furan rings is 1. The number of nitrogens with zero attached hydrogens (tertiary/aromatic N) is 3. The number of rotatable bonds is 8. The van der Waals surface area contributed by atoms with Crippen molar-refractivity contribution in [3.63, 3.8) is 0 Å². The Kier molecular flexibility index (Phi) is 9.46. The summed E-state index contributed by atoms with van der Waals surface area (Å²) in [5.74, 6) is 1.78. The summed E-state index contributed by atoms with van der Waals surface area (Å²) in [4.78, 5) is 15.7. The van der Waals surface area contributed by atoms with Crippen molar-refractivity contribution >= 4 is 32.7 Å². The molecule has 0 fully saturated rings. The summed E-state index contributed by atoms with van der Waals surface area (Å²) < 4.78 is 6.82. The molecular weight excluding hydrogens is 791 g/mol. The Bertz CT molecular complexity index is 3670. The van der Waals surface area contributed by atoms with Crippen molar-refractivity contribution in [2.24, 2.45) is 0 Å². The van der Waals surface area contributed by atoms with Gasteiger partial charge in [0.15, 0.2) is 17.5 Å². The smallest absolute Gasteiger partial charge is 0.164 e. The minimum absolute atomic E-state index is 0.579. The molecule has 2 heterocycles. The fraction of sp³-hybridized carbons (Fsp3) is 0. The van der Waals surface area contributed by atoms with E-state index in [4.69, 9.17) is 19.4 Å². The van der Waals surface area contributed by atoms with Crippen LogP contribution < -0.4 is 0 Å². The quantitative estimate of drug-likeness (QED) is 0.153. The Morgan fingerprint density at radius 1 is 0.262 bits per heavy atom. The molecule has 0 bridgehead atoms. The number of hydrogen-bond donors (Lipinski definition) is 0. The summed E-state index contributed by atoms with van der Waals surface area (Å²) in [5, 5.41) is 4.23. The third-order valence-electron chi connectivity index (χ3n) is 12.4. The van der Waals surface area contributed by atoms with Crippen molar-refractivity contribution in [3.8, 4) is 89.8 Å². The highest BCUT2D eigenvalue weighted by Crippen LogP contribution is 2.41. The van der Waals surface area contributed by atoms with E-state index in [2.05, 4.69) is 206 Å². The molecule has 12 rings (SSSR count). The Labute approximate surface area is 376 Å². The van der Waals surface area contributed by atoms with Crippen LogP contribution in [0.3, 0.4) is 0 Å². The lowest BCUT2D eigenvalue weighted by Gasteiger charge is -2.11. The van der Waals surface area contributed by atoms with Gasteiger partial charge in [0.2, 0.25) is 0 Å². The van der Waals surface area contributed by atoms with Gasteiger partial charge in [-0.05, 0) is 85.1 Å². The fourth-order valence-corrected chi connectivity index (χ4v) is 9.01. The lowest BCUT2D eigenvalue weighted by Crippen LogP contribution is -2.00. The predicted molar refractivity (Wildman–Crippen MR) is 268 cm³/mol. The molecule has 4 heteroatoms. The number of para-hydroxylation sites is 1. The van der Waals surface area contributed by atoms with Crippen molar-refractivity contribution in [3.05, 3.63) is 237 Å². The summed E-state index contributed by atoms with van der Waals surface area (Å²) >= 11 is 0. The Morgan fingerprint density at radius 2 is 0.692 bits per heavy atom. The maximum absolute atomic E-state index is 6.82. The van der Waals surface area contributed by atoms with Crippen LogP contribution in [0.1, 0.15) is 0 Å². The van der Waals surface area contributed by atoms with E-state index in [0.717, 1.165) is 88.3 Å². The van der Waals surface area contributed by atoms with Crippen LogP contribution in [0.4, 0.5) is 0 Å². The van der Waals surface area contributed by atoms with Crippen LogP contribution in [0.25, 0.3) is 123 Å². The molecule has 304 valence electrons. The average molecular weight is 830 g/mol. The van der Waals surface area contributed by atoms with Gasteiger partial charge in [-0.3, -0.25) is 0 Å².